The van der Waals surface area contributed by atoms with Gasteiger partial charge < -0.3 is 15.5 Å². The quantitative estimate of drug-likeness (QED) is 0.507. The van der Waals surface area contributed by atoms with Gasteiger partial charge in [0.05, 0.1) is 39.9 Å². The van der Waals surface area contributed by atoms with Gasteiger partial charge in [0.2, 0.25) is 0 Å². The topological polar surface area (TPSA) is 64.1 Å². The summed E-state index contributed by atoms with van der Waals surface area (Å²) in [6.07, 6.45) is 2.58. The van der Waals surface area contributed by atoms with Gasteiger partial charge in [-0.05, 0) is 40.9 Å². The lowest BCUT2D eigenvalue weighted by molar-refractivity contribution is 0.436. The molecule has 0 aliphatic heterocycles. The third-order valence-corrected chi connectivity index (χ3v) is 6.13. The molecule has 3 N–H and O–H groups in total. The van der Waals surface area contributed by atoms with E-state index in [1.54, 1.807) is 23.7 Å². The molecule has 8 heteroatoms. The number of pyridine rings is 1. The second-order valence-corrected chi connectivity index (χ2v) is 7.67. The molecule has 4 nitrogen and oxygen atoms in total. The summed E-state index contributed by atoms with van der Waals surface area (Å²) < 4.78 is 19.7. The molecule has 0 saturated heterocycles. The molecule has 0 fully saturated rings. The van der Waals surface area contributed by atoms with E-state index in [1.807, 2.05) is 12.1 Å². The van der Waals surface area contributed by atoms with Gasteiger partial charge >= 0.3 is 0 Å². The zero-order valence-electron chi connectivity index (χ0n) is 12.7. The first kappa shape index (κ1) is 17.7. The number of nitrogens with two attached hydrogens (primary N) is 1. The molecule has 0 aromatic carbocycles. The number of alkyl halides is 1. The molecule has 0 spiro atoms. The number of aromatic nitrogens is 1. The monoisotopic (exact) mass is 431 g/mol. The zero-order valence-corrected chi connectivity index (χ0v) is 15.8. The smallest absolute Gasteiger partial charge is 0.131 e. The summed E-state index contributed by atoms with van der Waals surface area (Å²) >= 11 is 11.3. The van der Waals surface area contributed by atoms with Crippen LogP contribution in [0.25, 0.3) is 10.2 Å². The second kappa shape index (κ2) is 7.82. The summed E-state index contributed by atoms with van der Waals surface area (Å²) in [7, 11) is 0. The molecule has 1 atom stereocenters. The lowest BCUT2D eigenvalue weighted by atomic mass is 10.1. The third-order valence-electron chi connectivity index (χ3n) is 3.58. The molecule has 0 amide bonds. The third kappa shape index (κ3) is 3.91. The normalized spacial score (nSPS) is 12.7. The van der Waals surface area contributed by atoms with Gasteiger partial charge in [-0.15, -0.1) is 11.3 Å². The fraction of sp³-hybridized carbons (Fsp3) is 0.312. The van der Waals surface area contributed by atoms with Gasteiger partial charge in [0.15, 0.2) is 0 Å². The Hall–Kier alpha value is -1.15. The summed E-state index contributed by atoms with van der Waals surface area (Å²) in [5.41, 5.74) is 7.64. The molecule has 3 heterocycles. The van der Waals surface area contributed by atoms with E-state index in [-0.39, 0.29) is 6.04 Å². The van der Waals surface area contributed by atoms with E-state index in [0.717, 1.165) is 31.0 Å². The van der Waals surface area contributed by atoms with E-state index in [1.165, 1.54) is 0 Å². The van der Waals surface area contributed by atoms with Gasteiger partial charge in [0.1, 0.15) is 10.9 Å². The van der Waals surface area contributed by atoms with Gasteiger partial charge in [-0.25, -0.2) is 4.98 Å². The second-order valence-electron chi connectivity index (χ2n) is 5.38. The molecule has 0 aliphatic carbocycles. The lowest BCUT2D eigenvalue weighted by Gasteiger charge is -2.07. The standard InChI is InChI=1S/C16H16BrClFN3OS/c17-14-12(6-9(20)3-4-19)24-16-11(7-13(18)22-15(14)16)21-8-10-2-1-5-23-10/h1-2,5,7,9H,3-4,6,8,20H2,(H,21,22)/t9-/m0/s1. The Morgan fingerprint density at radius 2 is 2.33 bits per heavy atom. The zero-order chi connectivity index (χ0) is 17.1. The highest BCUT2D eigenvalue weighted by atomic mass is 79.9. The number of anilines is 1. The minimum Gasteiger partial charge on any atom is -0.467 e. The number of rotatable bonds is 7. The maximum absolute atomic E-state index is 12.5. The van der Waals surface area contributed by atoms with Crippen LogP contribution in [0.1, 0.15) is 17.1 Å². The van der Waals surface area contributed by atoms with Crippen LogP contribution in [0.3, 0.4) is 0 Å². The van der Waals surface area contributed by atoms with E-state index >= 15 is 0 Å². The predicted molar refractivity (Wildman–Crippen MR) is 101 cm³/mol. The van der Waals surface area contributed by atoms with Gasteiger partial charge in [-0.2, -0.15) is 0 Å². The van der Waals surface area contributed by atoms with Crippen molar-refractivity contribution in [2.24, 2.45) is 5.73 Å². The summed E-state index contributed by atoms with van der Waals surface area (Å²) in [5, 5.41) is 3.74. The van der Waals surface area contributed by atoms with Crippen molar-refractivity contribution in [3.63, 3.8) is 0 Å². The van der Waals surface area contributed by atoms with Crippen molar-refractivity contribution in [3.8, 4) is 0 Å². The molecule has 3 aromatic rings. The maximum Gasteiger partial charge on any atom is 0.131 e. The first-order valence-corrected chi connectivity index (χ1v) is 9.42. The van der Waals surface area contributed by atoms with Crippen molar-refractivity contribution in [1.29, 1.82) is 0 Å². The summed E-state index contributed by atoms with van der Waals surface area (Å²) in [6.45, 7) is 0.137. The number of hydrogen-bond donors (Lipinski definition) is 2. The minimum atomic E-state index is -0.413. The van der Waals surface area contributed by atoms with Crippen LogP contribution in [0.2, 0.25) is 5.15 Å². The number of nitrogens with one attached hydrogen (secondary N) is 1. The number of fused-ring (bicyclic) bond motifs is 1. The van der Waals surface area contributed by atoms with Crippen LogP contribution in [0, 0.1) is 0 Å². The molecule has 3 rings (SSSR count). The predicted octanol–water partition coefficient (Wildman–Crippen LogP) is 5.15. The molecule has 0 unspecified atom stereocenters. The molecule has 0 bridgehead atoms. The first-order chi connectivity index (χ1) is 11.6. The average molecular weight is 433 g/mol. The fourth-order valence-electron chi connectivity index (χ4n) is 2.39. The summed E-state index contributed by atoms with van der Waals surface area (Å²) in [5.74, 6) is 0.830. The van der Waals surface area contributed by atoms with E-state index in [2.05, 4.69) is 26.2 Å². The van der Waals surface area contributed by atoms with Crippen molar-refractivity contribution in [2.45, 2.75) is 25.4 Å². The first-order valence-electron chi connectivity index (χ1n) is 7.43. The van der Waals surface area contributed by atoms with Crippen LogP contribution >= 0.6 is 38.9 Å². The number of thiophene rings is 1. The van der Waals surface area contributed by atoms with Gasteiger partial charge in [-0.3, -0.25) is 4.39 Å². The van der Waals surface area contributed by atoms with Crippen LogP contribution in [0.15, 0.2) is 33.4 Å². The van der Waals surface area contributed by atoms with Crippen LogP contribution in [0.4, 0.5) is 10.1 Å². The van der Waals surface area contributed by atoms with Crippen LogP contribution in [0.5, 0.6) is 0 Å². The van der Waals surface area contributed by atoms with Crippen molar-refractivity contribution >= 4 is 54.8 Å². The van der Waals surface area contributed by atoms with Gasteiger partial charge in [0.25, 0.3) is 0 Å². The van der Waals surface area contributed by atoms with Crippen LogP contribution in [-0.4, -0.2) is 17.7 Å². The van der Waals surface area contributed by atoms with Crippen molar-refractivity contribution in [1.82, 2.24) is 4.98 Å². The minimum absolute atomic E-state index is 0.214. The van der Waals surface area contributed by atoms with Crippen molar-refractivity contribution in [3.05, 3.63) is 44.7 Å². The largest absolute Gasteiger partial charge is 0.467 e. The van der Waals surface area contributed by atoms with Crippen LogP contribution in [-0.2, 0) is 13.0 Å². The highest BCUT2D eigenvalue weighted by Gasteiger charge is 2.17. The molecule has 0 saturated carbocycles. The van der Waals surface area contributed by atoms with Crippen LogP contribution < -0.4 is 11.1 Å². The molecule has 0 radical (unpaired) electrons. The Balaban J connectivity index is 1.91. The fourth-order valence-corrected chi connectivity index (χ4v) is 4.62. The summed E-state index contributed by atoms with van der Waals surface area (Å²) in [4.78, 5) is 5.45. The Bertz CT molecular complexity index is 824. The van der Waals surface area contributed by atoms with Gasteiger partial charge in [-0.1, -0.05) is 11.6 Å². The Morgan fingerprint density at radius 3 is 3.04 bits per heavy atom. The average Bonchev–Trinajstić information content (AvgIpc) is 3.15. The molecular weight excluding hydrogens is 417 g/mol. The van der Waals surface area contributed by atoms with E-state index in [4.69, 9.17) is 21.8 Å². The highest BCUT2D eigenvalue weighted by molar-refractivity contribution is 9.10. The van der Waals surface area contributed by atoms with E-state index in [0.29, 0.717) is 24.5 Å². The lowest BCUT2D eigenvalue weighted by Crippen LogP contribution is -2.22. The van der Waals surface area contributed by atoms with E-state index < -0.39 is 6.67 Å². The number of halogens is 3. The van der Waals surface area contributed by atoms with Crippen molar-refractivity contribution < 1.29 is 8.81 Å². The number of hydrogen-bond acceptors (Lipinski definition) is 5. The molecule has 128 valence electrons. The Labute approximate surface area is 156 Å². The Morgan fingerprint density at radius 1 is 1.50 bits per heavy atom. The highest BCUT2D eigenvalue weighted by Crippen LogP contribution is 2.40. The van der Waals surface area contributed by atoms with Crippen molar-refractivity contribution in [2.75, 3.05) is 12.0 Å². The molecule has 24 heavy (non-hydrogen) atoms. The Kier molecular flexibility index (Phi) is 5.76. The SMILES string of the molecule is N[C@@H](CCF)Cc1sc2c(NCc3ccco3)cc(Cl)nc2c1Br. The summed E-state index contributed by atoms with van der Waals surface area (Å²) in [6, 6.07) is 5.33. The number of furan rings is 1. The maximum atomic E-state index is 12.5. The van der Waals surface area contributed by atoms with Gasteiger partial charge in [0, 0.05) is 17.0 Å². The van der Waals surface area contributed by atoms with E-state index in [9.17, 15) is 4.39 Å². The molecular formula is C16H16BrClFN3OS. The molecule has 3 aromatic heterocycles. The number of nitrogens with zero attached hydrogens (tertiary/aromatic N) is 1. The molecule has 0 aliphatic rings.